The molecule has 3 nitrogen and oxygen atoms in total. The molecule has 0 aromatic carbocycles. The first-order valence-corrected chi connectivity index (χ1v) is 8.78. The van der Waals surface area contributed by atoms with Crippen LogP contribution in [0.1, 0.15) is 44.2 Å². The second kappa shape index (κ2) is 5.90. The number of hydrogen-bond donors (Lipinski definition) is 0. The second-order valence-electron chi connectivity index (χ2n) is 5.83. The van der Waals surface area contributed by atoms with Crippen LogP contribution in [0.2, 0.25) is 0 Å². The van der Waals surface area contributed by atoms with Gasteiger partial charge in [0, 0.05) is 16.7 Å². The number of rotatable bonds is 4. The Kier molecular flexibility index (Phi) is 4.59. The Bertz CT molecular complexity index is 683. The van der Waals surface area contributed by atoms with Gasteiger partial charge in [-0.15, -0.1) is 11.3 Å². The van der Waals surface area contributed by atoms with Gasteiger partial charge in [0.05, 0.1) is 5.39 Å². The van der Waals surface area contributed by atoms with E-state index in [0.717, 1.165) is 26.7 Å². The maximum Gasteiger partial charge on any atom is 0.263 e. The zero-order chi connectivity index (χ0) is 15.0. The van der Waals surface area contributed by atoms with Gasteiger partial charge in [-0.2, -0.15) is 0 Å². The summed E-state index contributed by atoms with van der Waals surface area (Å²) < 4.78 is 1.84. The van der Waals surface area contributed by atoms with Crippen molar-refractivity contribution in [2.75, 3.05) is 5.75 Å². The molecule has 0 N–H and O–H groups in total. The van der Waals surface area contributed by atoms with Gasteiger partial charge in [-0.1, -0.05) is 25.6 Å². The standard InChI is InChI=1S/C15H22N2OS2/c1-8(2)7-19-15-16-13-12(10(5)11(6)20-13)14(18)17(15)9(3)4/h8-9H,7H2,1-6H3. The van der Waals surface area contributed by atoms with Crippen molar-refractivity contribution >= 4 is 33.3 Å². The highest BCUT2D eigenvalue weighted by atomic mass is 32.2. The number of aryl methyl sites for hydroxylation is 2. The van der Waals surface area contributed by atoms with E-state index in [-0.39, 0.29) is 11.6 Å². The molecule has 0 saturated carbocycles. The average Bonchev–Trinajstić information content (AvgIpc) is 2.62. The summed E-state index contributed by atoms with van der Waals surface area (Å²) in [4.78, 5) is 19.6. The van der Waals surface area contributed by atoms with Gasteiger partial charge < -0.3 is 0 Å². The quantitative estimate of drug-likeness (QED) is 0.620. The minimum absolute atomic E-state index is 0.109. The van der Waals surface area contributed by atoms with Crippen molar-refractivity contribution in [3.63, 3.8) is 0 Å². The van der Waals surface area contributed by atoms with Crippen LogP contribution < -0.4 is 5.56 Å². The Hall–Kier alpha value is -0.810. The fourth-order valence-corrected chi connectivity index (χ4v) is 4.23. The Labute approximate surface area is 128 Å². The van der Waals surface area contributed by atoms with Gasteiger partial charge in [0.15, 0.2) is 5.16 Å². The first-order chi connectivity index (χ1) is 9.32. The van der Waals surface area contributed by atoms with Crippen LogP contribution in [-0.2, 0) is 0 Å². The summed E-state index contributed by atoms with van der Waals surface area (Å²) in [6.07, 6.45) is 0. The third kappa shape index (κ3) is 2.79. The highest BCUT2D eigenvalue weighted by Gasteiger charge is 2.18. The minimum atomic E-state index is 0.109. The molecule has 2 heterocycles. The van der Waals surface area contributed by atoms with E-state index in [2.05, 4.69) is 20.8 Å². The monoisotopic (exact) mass is 310 g/mol. The Morgan fingerprint density at radius 3 is 2.45 bits per heavy atom. The summed E-state index contributed by atoms with van der Waals surface area (Å²) >= 11 is 3.31. The van der Waals surface area contributed by atoms with Gasteiger partial charge in [-0.05, 0) is 39.2 Å². The fourth-order valence-electron chi connectivity index (χ4n) is 2.09. The van der Waals surface area contributed by atoms with Crippen LogP contribution in [-0.4, -0.2) is 15.3 Å². The Balaban J connectivity index is 2.67. The smallest absolute Gasteiger partial charge is 0.263 e. The van der Waals surface area contributed by atoms with Crippen molar-refractivity contribution in [2.45, 2.75) is 52.7 Å². The summed E-state index contributed by atoms with van der Waals surface area (Å²) in [5.41, 5.74) is 1.19. The molecule has 0 fully saturated rings. The maximum atomic E-state index is 12.8. The molecule has 0 aliphatic carbocycles. The lowest BCUT2D eigenvalue weighted by atomic mass is 10.2. The molecule has 0 saturated heterocycles. The lowest BCUT2D eigenvalue weighted by Gasteiger charge is -2.15. The first-order valence-electron chi connectivity index (χ1n) is 6.98. The number of thiophene rings is 1. The predicted molar refractivity (Wildman–Crippen MR) is 89.3 cm³/mol. The van der Waals surface area contributed by atoms with Crippen molar-refractivity contribution < 1.29 is 0 Å². The van der Waals surface area contributed by atoms with E-state index >= 15 is 0 Å². The van der Waals surface area contributed by atoms with Crippen LogP contribution in [0.25, 0.3) is 10.2 Å². The number of nitrogens with zero attached hydrogens (tertiary/aromatic N) is 2. The summed E-state index contributed by atoms with van der Waals surface area (Å²) in [6.45, 7) is 12.5. The molecule has 2 rings (SSSR count). The largest absolute Gasteiger partial charge is 0.284 e. The minimum Gasteiger partial charge on any atom is -0.284 e. The predicted octanol–water partition coefficient (Wildman–Crippen LogP) is 4.40. The van der Waals surface area contributed by atoms with Crippen LogP contribution >= 0.6 is 23.1 Å². The van der Waals surface area contributed by atoms with E-state index in [0.29, 0.717) is 5.92 Å². The molecule has 5 heteroatoms. The summed E-state index contributed by atoms with van der Waals surface area (Å²) in [6, 6.07) is 0.133. The molecule has 0 amide bonds. The van der Waals surface area contributed by atoms with Gasteiger partial charge in [0.2, 0.25) is 0 Å². The van der Waals surface area contributed by atoms with Crippen molar-refractivity contribution in [1.82, 2.24) is 9.55 Å². The topological polar surface area (TPSA) is 34.9 Å². The van der Waals surface area contributed by atoms with Crippen LogP contribution in [0.15, 0.2) is 9.95 Å². The molecule has 0 bridgehead atoms. The number of thioether (sulfide) groups is 1. The van der Waals surface area contributed by atoms with Crippen LogP contribution in [0.3, 0.4) is 0 Å². The van der Waals surface area contributed by atoms with Gasteiger partial charge >= 0.3 is 0 Å². The van der Waals surface area contributed by atoms with E-state index in [1.54, 1.807) is 23.1 Å². The van der Waals surface area contributed by atoms with Gasteiger partial charge in [0.1, 0.15) is 4.83 Å². The van der Waals surface area contributed by atoms with Gasteiger partial charge in [0.25, 0.3) is 5.56 Å². The highest BCUT2D eigenvalue weighted by molar-refractivity contribution is 7.99. The molecule has 2 aromatic heterocycles. The lowest BCUT2D eigenvalue weighted by molar-refractivity contribution is 0.519. The molecular weight excluding hydrogens is 288 g/mol. The first kappa shape index (κ1) is 15.6. The van der Waals surface area contributed by atoms with E-state index in [9.17, 15) is 4.79 Å². The van der Waals surface area contributed by atoms with E-state index in [1.807, 2.05) is 25.3 Å². The molecule has 0 spiro atoms. The molecule has 0 aliphatic heterocycles. The average molecular weight is 310 g/mol. The fraction of sp³-hybridized carbons (Fsp3) is 0.600. The van der Waals surface area contributed by atoms with Gasteiger partial charge in [-0.3, -0.25) is 9.36 Å². The molecule has 0 aliphatic rings. The molecule has 0 atom stereocenters. The lowest BCUT2D eigenvalue weighted by Crippen LogP contribution is -2.25. The SMILES string of the molecule is Cc1sc2nc(SCC(C)C)n(C(C)C)c(=O)c2c1C. The molecular formula is C15H22N2OS2. The van der Waals surface area contributed by atoms with Crippen molar-refractivity contribution in [1.29, 1.82) is 0 Å². The second-order valence-corrected chi connectivity index (χ2v) is 8.02. The number of hydrogen-bond acceptors (Lipinski definition) is 4. The summed E-state index contributed by atoms with van der Waals surface area (Å²) in [7, 11) is 0. The summed E-state index contributed by atoms with van der Waals surface area (Å²) in [5.74, 6) is 1.56. The number of aromatic nitrogens is 2. The third-order valence-electron chi connectivity index (χ3n) is 3.26. The van der Waals surface area contributed by atoms with E-state index in [1.165, 1.54) is 4.88 Å². The normalized spacial score (nSPS) is 12.0. The number of fused-ring (bicyclic) bond motifs is 1. The van der Waals surface area contributed by atoms with Crippen molar-refractivity contribution in [2.24, 2.45) is 5.92 Å². The van der Waals surface area contributed by atoms with E-state index in [4.69, 9.17) is 4.98 Å². The van der Waals surface area contributed by atoms with E-state index < -0.39 is 0 Å². The zero-order valence-corrected chi connectivity index (χ0v) is 14.6. The van der Waals surface area contributed by atoms with Gasteiger partial charge in [-0.25, -0.2) is 4.98 Å². The summed E-state index contributed by atoms with van der Waals surface area (Å²) in [5, 5.41) is 1.66. The highest BCUT2D eigenvalue weighted by Crippen LogP contribution is 2.29. The zero-order valence-electron chi connectivity index (χ0n) is 13.0. The molecule has 20 heavy (non-hydrogen) atoms. The maximum absolute atomic E-state index is 12.8. The van der Waals surface area contributed by atoms with Crippen LogP contribution in [0.4, 0.5) is 0 Å². The molecule has 110 valence electrons. The van der Waals surface area contributed by atoms with Crippen molar-refractivity contribution in [3.05, 3.63) is 20.8 Å². The Morgan fingerprint density at radius 2 is 1.90 bits per heavy atom. The Morgan fingerprint density at radius 1 is 1.25 bits per heavy atom. The molecule has 0 radical (unpaired) electrons. The molecule has 2 aromatic rings. The third-order valence-corrected chi connectivity index (χ3v) is 5.75. The molecule has 0 unspecified atom stereocenters. The van der Waals surface area contributed by atoms with Crippen molar-refractivity contribution in [3.8, 4) is 0 Å². The van der Waals surface area contributed by atoms with Crippen LogP contribution in [0, 0.1) is 19.8 Å². The van der Waals surface area contributed by atoms with Crippen LogP contribution in [0.5, 0.6) is 0 Å².